The van der Waals surface area contributed by atoms with Gasteiger partial charge in [0, 0.05) is 5.75 Å². The molecule has 2 N–H and O–H groups in total. The molecule has 0 radical (unpaired) electrons. The van der Waals surface area contributed by atoms with Gasteiger partial charge in [-0.1, -0.05) is 12.1 Å². The van der Waals surface area contributed by atoms with E-state index in [1.54, 1.807) is 11.8 Å². The van der Waals surface area contributed by atoms with Crippen LogP contribution in [-0.4, -0.2) is 29.9 Å². The summed E-state index contributed by atoms with van der Waals surface area (Å²) in [6.45, 7) is 1.94. The Morgan fingerprint density at radius 1 is 1.20 bits per heavy atom. The van der Waals surface area contributed by atoms with E-state index in [0.717, 1.165) is 33.9 Å². The largest absolute Gasteiger partial charge is 0.250 e. The first kappa shape index (κ1) is 15.2. The predicted molar refractivity (Wildman–Crippen MR) is 83.0 cm³/mol. The highest BCUT2D eigenvalue weighted by Gasteiger charge is 2.06. The van der Waals surface area contributed by atoms with E-state index in [0.29, 0.717) is 6.42 Å². The Bertz CT molecular complexity index is 702. The van der Waals surface area contributed by atoms with E-state index < -0.39 is 10.0 Å². The van der Waals surface area contributed by atoms with Crippen molar-refractivity contribution in [3.05, 3.63) is 35.7 Å². The van der Waals surface area contributed by atoms with Crippen molar-refractivity contribution in [1.29, 1.82) is 0 Å². The van der Waals surface area contributed by atoms with Gasteiger partial charge in [-0.25, -0.2) is 23.5 Å². The third kappa shape index (κ3) is 4.43. The summed E-state index contributed by atoms with van der Waals surface area (Å²) in [5.74, 6) is 1.50. The molecule has 0 atom stereocenters. The number of hydrogen-bond donors (Lipinski definition) is 1. The van der Waals surface area contributed by atoms with Gasteiger partial charge < -0.3 is 0 Å². The van der Waals surface area contributed by atoms with Gasteiger partial charge in [0.2, 0.25) is 10.0 Å². The smallest absolute Gasteiger partial charge is 0.209 e. The van der Waals surface area contributed by atoms with Gasteiger partial charge in [-0.05, 0) is 31.2 Å². The molecular formula is C13H17N3O2S2. The lowest BCUT2D eigenvalue weighted by atomic mass is 10.2. The molecular weight excluding hydrogens is 294 g/mol. The molecule has 2 rings (SSSR count). The highest BCUT2D eigenvalue weighted by molar-refractivity contribution is 7.98. The highest BCUT2D eigenvalue weighted by atomic mass is 32.2. The van der Waals surface area contributed by atoms with Crippen LogP contribution < -0.4 is 5.14 Å². The second-order valence-corrected chi connectivity index (χ2v) is 7.36. The Balaban J connectivity index is 1.94. The van der Waals surface area contributed by atoms with Crippen LogP contribution in [0.4, 0.5) is 0 Å². The summed E-state index contributed by atoms with van der Waals surface area (Å²) < 4.78 is 21.6. The maximum Gasteiger partial charge on any atom is 0.209 e. The van der Waals surface area contributed by atoms with Gasteiger partial charge in [0.1, 0.15) is 0 Å². The number of aromatic nitrogens is 2. The molecule has 0 unspecified atom stereocenters. The molecule has 0 aliphatic carbocycles. The maximum absolute atomic E-state index is 10.8. The Kier molecular flexibility index (Phi) is 4.95. The number of hydrogen-bond acceptors (Lipinski definition) is 5. The fraction of sp³-hybridized carbons (Fsp3) is 0.385. The topological polar surface area (TPSA) is 85.9 Å². The van der Waals surface area contributed by atoms with Gasteiger partial charge in [0.25, 0.3) is 0 Å². The number of thioether (sulfide) groups is 1. The van der Waals surface area contributed by atoms with Crippen LogP contribution in [0.5, 0.6) is 0 Å². The maximum atomic E-state index is 10.8. The molecule has 0 fully saturated rings. The summed E-state index contributed by atoms with van der Waals surface area (Å²) in [4.78, 5) is 9.12. The number of nitrogens with two attached hydrogens (primary N) is 1. The number of nitrogens with zero attached hydrogens (tertiary/aromatic N) is 2. The van der Waals surface area contributed by atoms with E-state index in [9.17, 15) is 8.42 Å². The van der Waals surface area contributed by atoms with Gasteiger partial charge in [-0.3, -0.25) is 0 Å². The molecule has 0 aliphatic heterocycles. The molecule has 1 aromatic heterocycles. The van der Waals surface area contributed by atoms with Crippen molar-refractivity contribution in [2.45, 2.75) is 19.1 Å². The summed E-state index contributed by atoms with van der Waals surface area (Å²) in [7, 11) is -3.35. The van der Waals surface area contributed by atoms with E-state index in [2.05, 4.69) is 9.97 Å². The first-order valence-electron chi connectivity index (χ1n) is 6.26. The standard InChI is InChI=1S/C13H17N3O2S2/c1-10-13(9-19-7-4-8-20(14,17)18)16-12-6-3-2-5-11(12)15-10/h2-3,5-6H,4,7-9H2,1H3,(H2,14,17,18). The van der Waals surface area contributed by atoms with Crippen molar-refractivity contribution in [1.82, 2.24) is 9.97 Å². The van der Waals surface area contributed by atoms with Crippen LogP contribution in [0.15, 0.2) is 24.3 Å². The van der Waals surface area contributed by atoms with E-state index >= 15 is 0 Å². The summed E-state index contributed by atoms with van der Waals surface area (Å²) in [5, 5.41) is 4.96. The lowest BCUT2D eigenvalue weighted by Gasteiger charge is -2.06. The van der Waals surface area contributed by atoms with Gasteiger partial charge in [0.05, 0.1) is 28.2 Å². The molecule has 20 heavy (non-hydrogen) atoms. The number of benzene rings is 1. The minimum absolute atomic E-state index is 0.0301. The van der Waals surface area contributed by atoms with Crippen LogP contribution in [0.25, 0.3) is 11.0 Å². The molecule has 0 aliphatic rings. The summed E-state index contributed by atoms with van der Waals surface area (Å²) >= 11 is 1.65. The summed E-state index contributed by atoms with van der Waals surface area (Å²) in [6, 6.07) is 7.77. The minimum Gasteiger partial charge on any atom is -0.250 e. The van der Waals surface area contributed by atoms with Crippen molar-refractivity contribution in [3.8, 4) is 0 Å². The predicted octanol–water partition coefficient (Wildman–Crippen LogP) is 1.85. The Hall–Kier alpha value is -1.18. The number of sulfonamides is 1. The molecule has 0 saturated heterocycles. The van der Waals surface area contributed by atoms with E-state index in [4.69, 9.17) is 5.14 Å². The van der Waals surface area contributed by atoms with Crippen LogP contribution in [0.3, 0.4) is 0 Å². The zero-order valence-electron chi connectivity index (χ0n) is 11.2. The van der Waals surface area contributed by atoms with Crippen molar-refractivity contribution in [2.75, 3.05) is 11.5 Å². The molecule has 0 amide bonds. The highest BCUT2D eigenvalue weighted by Crippen LogP contribution is 2.17. The molecule has 0 bridgehead atoms. The van der Waals surface area contributed by atoms with Crippen LogP contribution in [0.2, 0.25) is 0 Å². The van der Waals surface area contributed by atoms with Crippen molar-refractivity contribution < 1.29 is 8.42 Å². The zero-order chi connectivity index (χ0) is 14.6. The number of rotatable bonds is 6. The average molecular weight is 311 g/mol. The zero-order valence-corrected chi connectivity index (χ0v) is 12.9. The second-order valence-electron chi connectivity index (χ2n) is 4.52. The lowest BCUT2D eigenvalue weighted by molar-refractivity contribution is 0.596. The van der Waals surface area contributed by atoms with Crippen molar-refractivity contribution in [3.63, 3.8) is 0 Å². The molecule has 2 aromatic rings. The molecule has 0 spiro atoms. The van der Waals surface area contributed by atoms with Gasteiger partial charge in [0.15, 0.2) is 0 Å². The van der Waals surface area contributed by atoms with E-state index in [1.165, 1.54) is 0 Å². The van der Waals surface area contributed by atoms with E-state index in [1.807, 2.05) is 31.2 Å². The number of primary sulfonamides is 1. The van der Waals surface area contributed by atoms with E-state index in [-0.39, 0.29) is 5.75 Å². The SMILES string of the molecule is Cc1nc2ccccc2nc1CSCCCS(N)(=O)=O. The Labute approximate surface area is 123 Å². The van der Waals surface area contributed by atoms with Crippen LogP contribution in [0, 0.1) is 6.92 Å². The molecule has 108 valence electrons. The molecule has 5 nitrogen and oxygen atoms in total. The Morgan fingerprint density at radius 2 is 1.85 bits per heavy atom. The fourth-order valence-electron chi connectivity index (χ4n) is 1.79. The molecule has 7 heteroatoms. The first-order chi connectivity index (χ1) is 9.46. The Morgan fingerprint density at radius 3 is 2.50 bits per heavy atom. The number of fused-ring (bicyclic) bond motifs is 1. The number of para-hydroxylation sites is 2. The third-order valence-corrected chi connectivity index (χ3v) is 4.71. The van der Waals surface area contributed by atoms with Crippen molar-refractivity contribution >= 4 is 32.8 Å². The van der Waals surface area contributed by atoms with Crippen LogP contribution in [-0.2, 0) is 15.8 Å². The average Bonchev–Trinajstić information content (AvgIpc) is 2.37. The van der Waals surface area contributed by atoms with Gasteiger partial charge >= 0.3 is 0 Å². The lowest BCUT2D eigenvalue weighted by Crippen LogP contribution is -2.16. The normalized spacial score (nSPS) is 11.9. The quantitative estimate of drug-likeness (QED) is 0.823. The first-order valence-corrected chi connectivity index (χ1v) is 9.13. The second kappa shape index (κ2) is 6.51. The van der Waals surface area contributed by atoms with Gasteiger partial charge in [-0.15, -0.1) is 0 Å². The fourth-order valence-corrected chi connectivity index (χ4v) is 3.48. The minimum atomic E-state index is -3.35. The number of aryl methyl sites for hydroxylation is 1. The monoisotopic (exact) mass is 311 g/mol. The van der Waals surface area contributed by atoms with Crippen molar-refractivity contribution in [2.24, 2.45) is 5.14 Å². The van der Waals surface area contributed by atoms with Gasteiger partial charge in [-0.2, -0.15) is 11.8 Å². The third-order valence-electron chi connectivity index (χ3n) is 2.80. The summed E-state index contributed by atoms with van der Waals surface area (Å²) in [6.07, 6.45) is 0.559. The molecule has 1 aromatic carbocycles. The molecule has 0 saturated carbocycles. The summed E-state index contributed by atoms with van der Waals surface area (Å²) in [5.41, 5.74) is 3.65. The van der Waals surface area contributed by atoms with Crippen LogP contribution >= 0.6 is 11.8 Å². The van der Waals surface area contributed by atoms with Crippen LogP contribution in [0.1, 0.15) is 17.8 Å². The molecule has 1 heterocycles.